The summed E-state index contributed by atoms with van der Waals surface area (Å²) in [5.41, 5.74) is 1.17. The molecule has 0 saturated heterocycles. The number of nitrogens with one attached hydrogen (secondary N) is 1. The average molecular weight is 240 g/mol. The molecule has 0 bridgehead atoms. The molecule has 3 nitrogen and oxygen atoms in total. The van der Waals surface area contributed by atoms with Gasteiger partial charge in [-0.1, -0.05) is 12.8 Å². The molecule has 0 aliphatic heterocycles. The molecule has 1 heterocycles. The van der Waals surface area contributed by atoms with E-state index in [1.807, 2.05) is 6.92 Å². The maximum Gasteiger partial charge on any atom is 0.0897 e. The predicted molar refractivity (Wildman–Crippen MR) is 66.8 cm³/mol. The van der Waals surface area contributed by atoms with Crippen molar-refractivity contribution in [3.8, 4) is 0 Å². The molecule has 1 aliphatic rings. The van der Waals surface area contributed by atoms with Gasteiger partial charge in [-0.2, -0.15) is 0 Å². The smallest absolute Gasteiger partial charge is 0.0897 e. The normalized spacial score (nSPS) is 19.1. The van der Waals surface area contributed by atoms with Crippen molar-refractivity contribution in [2.75, 3.05) is 13.2 Å². The van der Waals surface area contributed by atoms with E-state index in [1.165, 1.54) is 18.5 Å². The van der Waals surface area contributed by atoms with Crippen LogP contribution in [0, 0.1) is 6.92 Å². The van der Waals surface area contributed by atoms with Gasteiger partial charge in [0.25, 0.3) is 0 Å². The van der Waals surface area contributed by atoms with Crippen molar-refractivity contribution in [1.29, 1.82) is 0 Å². The van der Waals surface area contributed by atoms with E-state index in [2.05, 4.69) is 15.7 Å². The molecule has 0 atom stereocenters. The van der Waals surface area contributed by atoms with Crippen LogP contribution in [0.25, 0.3) is 0 Å². The number of hydrogen-bond acceptors (Lipinski definition) is 4. The van der Waals surface area contributed by atoms with Gasteiger partial charge >= 0.3 is 0 Å². The Morgan fingerprint density at radius 1 is 1.50 bits per heavy atom. The van der Waals surface area contributed by atoms with Gasteiger partial charge in [-0.25, -0.2) is 4.98 Å². The van der Waals surface area contributed by atoms with Crippen LogP contribution in [-0.4, -0.2) is 28.8 Å². The molecule has 2 N–H and O–H groups in total. The van der Waals surface area contributed by atoms with Crippen LogP contribution in [-0.2, 0) is 6.42 Å². The lowest BCUT2D eigenvalue weighted by Gasteiger charge is -2.27. The van der Waals surface area contributed by atoms with Gasteiger partial charge in [0.1, 0.15) is 0 Å². The molecule has 4 heteroatoms. The molecule has 1 aliphatic carbocycles. The third-order valence-electron chi connectivity index (χ3n) is 3.41. The van der Waals surface area contributed by atoms with Crippen LogP contribution >= 0.6 is 11.3 Å². The molecular weight excluding hydrogens is 220 g/mol. The van der Waals surface area contributed by atoms with E-state index in [0.29, 0.717) is 0 Å². The molecule has 90 valence electrons. The summed E-state index contributed by atoms with van der Waals surface area (Å²) in [6.07, 6.45) is 5.66. The third-order valence-corrected chi connectivity index (χ3v) is 4.23. The molecule has 0 unspecified atom stereocenters. The monoisotopic (exact) mass is 240 g/mol. The summed E-state index contributed by atoms with van der Waals surface area (Å²) < 4.78 is 0. The summed E-state index contributed by atoms with van der Waals surface area (Å²) in [6, 6.07) is 0. The Kier molecular flexibility index (Phi) is 3.95. The van der Waals surface area contributed by atoms with E-state index in [4.69, 9.17) is 0 Å². The highest BCUT2D eigenvalue weighted by molar-refractivity contribution is 7.09. The number of aliphatic hydroxyl groups excluding tert-OH is 1. The van der Waals surface area contributed by atoms with E-state index >= 15 is 0 Å². The molecule has 1 aromatic heterocycles. The number of hydrogen-bond donors (Lipinski definition) is 2. The lowest BCUT2D eigenvalue weighted by molar-refractivity contribution is 0.165. The molecule has 0 amide bonds. The zero-order valence-electron chi connectivity index (χ0n) is 9.83. The van der Waals surface area contributed by atoms with Gasteiger partial charge in [0.05, 0.1) is 17.3 Å². The highest BCUT2D eigenvalue weighted by Gasteiger charge is 2.32. The van der Waals surface area contributed by atoms with Crippen molar-refractivity contribution >= 4 is 11.3 Å². The number of nitrogens with zero attached hydrogens (tertiary/aromatic N) is 1. The minimum absolute atomic E-state index is 0.00503. The molecule has 0 radical (unpaired) electrons. The average Bonchev–Trinajstić information content (AvgIpc) is 2.89. The maximum atomic E-state index is 9.44. The van der Waals surface area contributed by atoms with Crippen molar-refractivity contribution in [2.24, 2.45) is 0 Å². The largest absolute Gasteiger partial charge is 0.394 e. The van der Waals surface area contributed by atoms with E-state index in [1.54, 1.807) is 11.3 Å². The summed E-state index contributed by atoms with van der Waals surface area (Å²) >= 11 is 1.70. The second-order valence-electron chi connectivity index (χ2n) is 4.68. The molecule has 2 rings (SSSR count). The molecule has 1 saturated carbocycles. The van der Waals surface area contributed by atoms with E-state index in [-0.39, 0.29) is 12.1 Å². The fourth-order valence-corrected chi connectivity index (χ4v) is 3.07. The Hall–Kier alpha value is -0.450. The standard InChI is InChI=1S/C12H20N2OS/c1-10-14-11(8-16-10)4-7-13-12(9-15)5-2-3-6-12/h8,13,15H,2-7,9H2,1H3. The van der Waals surface area contributed by atoms with Crippen LogP contribution in [0.5, 0.6) is 0 Å². The Morgan fingerprint density at radius 2 is 2.25 bits per heavy atom. The maximum absolute atomic E-state index is 9.44. The minimum atomic E-state index is 0.00503. The topological polar surface area (TPSA) is 45.2 Å². The van der Waals surface area contributed by atoms with E-state index in [0.717, 1.165) is 30.8 Å². The van der Waals surface area contributed by atoms with Gasteiger partial charge in [-0.15, -0.1) is 11.3 Å². The zero-order valence-corrected chi connectivity index (χ0v) is 10.6. The first kappa shape index (κ1) is 12.0. The van der Waals surface area contributed by atoms with Crippen molar-refractivity contribution in [3.05, 3.63) is 16.1 Å². The molecular formula is C12H20N2OS. The minimum Gasteiger partial charge on any atom is -0.394 e. The van der Waals surface area contributed by atoms with Crippen LogP contribution in [0.15, 0.2) is 5.38 Å². The fraction of sp³-hybridized carbons (Fsp3) is 0.750. The first-order chi connectivity index (χ1) is 7.74. The van der Waals surface area contributed by atoms with Crippen molar-refractivity contribution in [3.63, 3.8) is 0 Å². The summed E-state index contributed by atoms with van der Waals surface area (Å²) in [4.78, 5) is 4.44. The second-order valence-corrected chi connectivity index (χ2v) is 5.74. The zero-order chi connectivity index (χ0) is 11.4. The molecule has 16 heavy (non-hydrogen) atoms. The van der Waals surface area contributed by atoms with Crippen LogP contribution in [0.3, 0.4) is 0 Å². The Labute approximate surface area is 101 Å². The Bertz CT molecular complexity index is 332. The molecule has 1 aromatic rings. The highest BCUT2D eigenvalue weighted by atomic mass is 32.1. The molecule has 0 spiro atoms. The molecule has 1 fully saturated rings. The van der Waals surface area contributed by atoms with Gasteiger partial charge in [0.2, 0.25) is 0 Å². The molecule has 0 aromatic carbocycles. The SMILES string of the molecule is Cc1nc(CCNC2(CO)CCCC2)cs1. The summed E-state index contributed by atoms with van der Waals surface area (Å²) in [7, 11) is 0. The van der Waals surface area contributed by atoms with E-state index in [9.17, 15) is 5.11 Å². The lowest BCUT2D eigenvalue weighted by Crippen LogP contribution is -2.46. The number of rotatable bonds is 5. The number of aliphatic hydroxyl groups is 1. The number of thiazole rings is 1. The lowest BCUT2D eigenvalue weighted by atomic mass is 9.99. The summed E-state index contributed by atoms with van der Waals surface area (Å²) in [6.45, 7) is 3.22. The van der Waals surface area contributed by atoms with Crippen LogP contribution in [0.2, 0.25) is 0 Å². The van der Waals surface area contributed by atoms with Gasteiger partial charge in [0, 0.05) is 23.9 Å². The van der Waals surface area contributed by atoms with Crippen molar-refractivity contribution in [1.82, 2.24) is 10.3 Å². The third kappa shape index (κ3) is 2.81. The van der Waals surface area contributed by atoms with Crippen LogP contribution in [0.1, 0.15) is 36.4 Å². The first-order valence-corrected chi connectivity index (χ1v) is 6.89. The van der Waals surface area contributed by atoms with Crippen molar-refractivity contribution < 1.29 is 5.11 Å². The van der Waals surface area contributed by atoms with Crippen LogP contribution < -0.4 is 5.32 Å². The van der Waals surface area contributed by atoms with Crippen LogP contribution in [0.4, 0.5) is 0 Å². The van der Waals surface area contributed by atoms with Gasteiger partial charge in [-0.3, -0.25) is 0 Å². The summed E-state index contributed by atoms with van der Waals surface area (Å²) in [5.74, 6) is 0. The van der Waals surface area contributed by atoms with Crippen molar-refractivity contribution in [2.45, 2.75) is 44.6 Å². The Balaban J connectivity index is 1.78. The second kappa shape index (κ2) is 5.25. The van der Waals surface area contributed by atoms with Gasteiger partial charge in [0.15, 0.2) is 0 Å². The first-order valence-electron chi connectivity index (χ1n) is 6.01. The fourth-order valence-electron chi connectivity index (χ4n) is 2.42. The van der Waals surface area contributed by atoms with Gasteiger partial charge in [-0.05, 0) is 19.8 Å². The number of aromatic nitrogens is 1. The predicted octanol–water partition coefficient (Wildman–Crippen LogP) is 1.89. The number of aryl methyl sites for hydroxylation is 1. The van der Waals surface area contributed by atoms with E-state index < -0.39 is 0 Å². The quantitative estimate of drug-likeness (QED) is 0.826. The Morgan fingerprint density at radius 3 is 2.81 bits per heavy atom. The summed E-state index contributed by atoms with van der Waals surface area (Å²) in [5, 5.41) is 16.2. The highest BCUT2D eigenvalue weighted by Crippen LogP contribution is 2.28. The van der Waals surface area contributed by atoms with Gasteiger partial charge < -0.3 is 10.4 Å².